The second-order valence-corrected chi connectivity index (χ2v) is 10.4. The summed E-state index contributed by atoms with van der Waals surface area (Å²) in [5.41, 5.74) is 5.24. The summed E-state index contributed by atoms with van der Waals surface area (Å²) in [6, 6.07) is 29.7. The van der Waals surface area contributed by atoms with Crippen molar-refractivity contribution in [3.8, 4) is 11.1 Å². The van der Waals surface area contributed by atoms with Crippen molar-refractivity contribution in [2.24, 2.45) is 0 Å². The molecule has 0 heterocycles. The van der Waals surface area contributed by atoms with Crippen LogP contribution in [0.5, 0.6) is 0 Å². The minimum Gasteiger partial charge on any atom is -0.481 e. The van der Waals surface area contributed by atoms with E-state index < -0.39 is 12.0 Å². The zero-order valence-electron chi connectivity index (χ0n) is 21.3. The monoisotopic (exact) mass is 545 g/mol. The molecular formula is C32H29Cl2NO3. The fourth-order valence-corrected chi connectivity index (χ4v) is 4.72. The molecule has 0 aliphatic rings. The minimum absolute atomic E-state index is 0.232. The summed E-state index contributed by atoms with van der Waals surface area (Å²) in [7, 11) is 0. The number of benzene rings is 4. The molecule has 1 N–H and O–H groups in total. The largest absolute Gasteiger partial charge is 0.481 e. The van der Waals surface area contributed by atoms with Gasteiger partial charge in [0.25, 0.3) is 5.91 Å². The summed E-state index contributed by atoms with van der Waals surface area (Å²) < 4.78 is 0. The van der Waals surface area contributed by atoms with Gasteiger partial charge in [0.1, 0.15) is 0 Å². The molecule has 0 aromatic heterocycles. The number of rotatable bonds is 9. The van der Waals surface area contributed by atoms with E-state index in [1.165, 1.54) is 11.6 Å². The van der Waals surface area contributed by atoms with Crippen molar-refractivity contribution in [2.75, 3.05) is 0 Å². The van der Waals surface area contributed by atoms with E-state index in [0.717, 1.165) is 22.3 Å². The quantitative estimate of drug-likeness (QED) is 0.229. The van der Waals surface area contributed by atoms with Gasteiger partial charge in [0.15, 0.2) is 0 Å². The topological polar surface area (TPSA) is 57.6 Å². The fourth-order valence-electron chi connectivity index (χ4n) is 4.42. The van der Waals surface area contributed by atoms with Gasteiger partial charge < -0.3 is 10.0 Å². The first kappa shape index (κ1) is 27.4. The number of hydrogen-bond donors (Lipinski definition) is 1. The average Bonchev–Trinajstić information content (AvgIpc) is 2.92. The Morgan fingerprint density at radius 3 is 1.95 bits per heavy atom. The number of carbonyl (C=O) groups is 2. The van der Waals surface area contributed by atoms with Crippen molar-refractivity contribution < 1.29 is 14.7 Å². The lowest BCUT2D eigenvalue weighted by Crippen LogP contribution is -2.35. The molecule has 0 aliphatic heterocycles. The molecule has 0 spiro atoms. The Balaban J connectivity index is 1.75. The van der Waals surface area contributed by atoms with Gasteiger partial charge in [-0.25, -0.2) is 0 Å². The second-order valence-electron chi connectivity index (χ2n) is 9.56. The lowest BCUT2D eigenvalue weighted by Gasteiger charge is -2.32. The molecule has 38 heavy (non-hydrogen) atoms. The molecule has 1 amide bonds. The Morgan fingerprint density at radius 2 is 1.37 bits per heavy atom. The highest BCUT2D eigenvalue weighted by atomic mass is 35.5. The van der Waals surface area contributed by atoms with E-state index in [1.54, 1.807) is 17.0 Å². The van der Waals surface area contributed by atoms with Gasteiger partial charge in [-0.2, -0.15) is 0 Å². The third-order valence-electron chi connectivity index (χ3n) is 6.57. The molecule has 4 nitrogen and oxygen atoms in total. The average molecular weight is 546 g/mol. The van der Waals surface area contributed by atoms with Crippen LogP contribution in [0.2, 0.25) is 10.0 Å². The van der Waals surface area contributed by atoms with Gasteiger partial charge in [-0.15, -0.1) is 0 Å². The molecular weight excluding hydrogens is 517 g/mol. The molecule has 4 aromatic rings. The minimum atomic E-state index is -0.996. The highest BCUT2D eigenvalue weighted by Crippen LogP contribution is 2.32. The first-order valence-electron chi connectivity index (χ1n) is 12.4. The first-order chi connectivity index (χ1) is 18.2. The van der Waals surface area contributed by atoms with E-state index >= 15 is 0 Å². The van der Waals surface area contributed by atoms with Crippen LogP contribution >= 0.6 is 23.2 Å². The van der Waals surface area contributed by atoms with Crippen LogP contribution in [0, 0.1) is 0 Å². The van der Waals surface area contributed by atoms with Gasteiger partial charge in [-0.1, -0.05) is 116 Å². The Kier molecular flexibility index (Phi) is 8.88. The Morgan fingerprint density at radius 1 is 0.763 bits per heavy atom. The number of aliphatic carboxylic acids is 1. The van der Waals surface area contributed by atoms with Gasteiger partial charge in [0.05, 0.1) is 22.5 Å². The Hall–Kier alpha value is -3.60. The molecule has 6 heteroatoms. The Labute approximate surface area is 233 Å². The lowest BCUT2D eigenvalue weighted by molar-refractivity contribution is -0.138. The molecule has 1 unspecified atom stereocenters. The van der Waals surface area contributed by atoms with E-state index in [4.69, 9.17) is 23.2 Å². The van der Waals surface area contributed by atoms with Crippen LogP contribution in [-0.4, -0.2) is 21.9 Å². The molecule has 0 saturated carbocycles. The van der Waals surface area contributed by atoms with E-state index in [-0.39, 0.29) is 23.9 Å². The number of carboxylic acid groups (broad SMARTS) is 1. The van der Waals surface area contributed by atoms with Gasteiger partial charge >= 0.3 is 5.97 Å². The molecule has 4 rings (SSSR count). The molecule has 4 aromatic carbocycles. The molecule has 0 aliphatic carbocycles. The van der Waals surface area contributed by atoms with Crippen LogP contribution in [0.1, 0.15) is 59.3 Å². The lowest BCUT2D eigenvalue weighted by atomic mass is 9.96. The van der Waals surface area contributed by atoms with Crippen LogP contribution < -0.4 is 0 Å². The number of nitrogens with zero attached hydrogens (tertiary/aromatic N) is 1. The SMILES string of the molecule is CC(C)c1ccc(CN(C(=O)c2ccc(Cl)c(Cl)c2)C(CC(=O)O)c2ccc(-c3ccccc3)cc2)cc1. The molecule has 194 valence electrons. The van der Waals surface area contributed by atoms with Crippen LogP contribution in [0.4, 0.5) is 0 Å². The summed E-state index contributed by atoms with van der Waals surface area (Å²) in [5.74, 6) is -0.944. The summed E-state index contributed by atoms with van der Waals surface area (Å²) in [5, 5.41) is 10.5. The zero-order chi connectivity index (χ0) is 27.2. The Bertz CT molecular complexity index is 1400. The van der Waals surface area contributed by atoms with Gasteiger partial charge in [0.2, 0.25) is 0 Å². The first-order valence-corrected chi connectivity index (χ1v) is 13.2. The van der Waals surface area contributed by atoms with Crippen LogP contribution in [-0.2, 0) is 11.3 Å². The highest BCUT2D eigenvalue weighted by molar-refractivity contribution is 6.42. The second kappa shape index (κ2) is 12.3. The van der Waals surface area contributed by atoms with Crippen LogP contribution in [0.3, 0.4) is 0 Å². The summed E-state index contributed by atoms with van der Waals surface area (Å²) in [4.78, 5) is 27.5. The third-order valence-corrected chi connectivity index (χ3v) is 7.31. The normalized spacial score (nSPS) is 11.8. The van der Waals surface area contributed by atoms with Crippen molar-refractivity contribution in [3.63, 3.8) is 0 Å². The highest BCUT2D eigenvalue weighted by Gasteiger charge is 2.29. The maximum atomic E-state index is 13.9. The number of carbonyl (C=O) groups excluding carboxylic acids is 1. The van der Waals surface area contributed by atoms with Gasteiger partial charge in [0, 0.05) is 12.1 Å². The van der Waals surface area contributed by atoms with Crippen LogP contribution in [0.25, 0.3) is 11.1 Å². The van der Waals surface area contributed by atoms with E-state index in [1.807, 2.05) is 78.9 Å². The summed E-state index contributed by atoms with van der Waals surface area (Å²) in [6.45, 7) is 4.48. The molecule has 0 bridgehead atoms. The number of amides is 1. The third kappa shape index (κ3) is 6.63. The van der Waals surface area contributed by atoms with E-state index in [2.05, 4.69) is 13.8 Å². The maximum absolute atomic E-state index is 13.9. The van der Waals surface area contributed by atoms with Crippen molar-refractivity contribution >= 4 is 35.1 Å². The predicted octanol–water partition coefficient (Wildman–Crippen LogP) is 8.64. The maximum Gasteiger partial charge on any atom is 0.305 e. The van der Waals surface area contributed by atoms with Crippen molar-refractivity contribution in [1.29, 1.82) is 0 Å². The van der Waals surface area contributed by atoms with Gasteiger partial charge in [-0.05, 0) is 51.9 Å². The smallest absolute Gasteiger partial charge is 0.305 e. The molecule has 0 saturated heterocycles. The zero-order valence-corrected chi connectivity index (χ0v) is 22.8. The fraction of sp³-hybridized carbons (Fsp3) is 0.188. The summed E-state index contributed by atoms with van der Waals surface area (Å²) in [6.07, 6.45) is -0.248. The number of halogens is 2. The predicted molar refractivity (Wildman–Crippen MR) is 154 cm³/mol. The van der Waals surface area contributed by atoms with Crippen molar-refractivity contribution in [3.05, 3.63) is 129 Å². The van der Waals surface area contributed by atoms with E-state index in [0.29, 0.717) is 16.5 Å². The standard InChI is InChI=1S/C32H29Cl2NO3/c1-21(2)23-10-8-22(9-11-23)20-35(32(38)27-16-17-28(33)29(34)18-27)30(19-31(36)37)26-14-12-25(13-15-26)24-6-4-3-5-7-24/h3-18,21,30H,19-20H2,1-2H3,(H,36,37). The molecule has 0 radical (unpaired) electrons. The summed E-state index contributed by atoms with van der Waals surface area (Å²) >= 11 is 12.3. The van der Waals surface area contributed by atoms with Crippen LogP contribution in [0.15, 0.2) is 97.1 Å². The van der Waals surface area contributed by atoms with Gasteiger partial charge in [-0.3, -0.25) is 9.59 Å². The number of hydrogen-bond acceptors (Lipinski definition) is 2. The van der Waals surface area contributed by atoms with Crippen molar-refractivity contribution in [1.82, 2.24) is 4.90 Å². The van der Waals surface area contributed by atoms with Crippen molar-refractivity contribution in [2.45, 2.75) is 38.8 Å². The molecule has 1 atom stereocenters. The van der Waals surface area contributed by atoms with E-state index in [9.17, 15) is 14.7 Å². The molecule has 0 fully saturated rings. The number of carboxylic acids is 1.